The summed E-state index contributed by atoms with van der Waals surface area (Å²) in [4.78, 5) is 35.5. The first-order chi connectivity index (χ1) is 14.5. The molecule has 6 nitrogen and oxygen atoms in total. The number of fused-ring (bicyclic) bond motifs is 5. The van der Waals surface area contributed by atoms with Gasteiger partial charge in [0.2, 0.25) is 5.78 Å². The fourth-order valence-corrected chi connectivity index (χ4v) is 7.72. The molecule has 0 saturated heterocycles. The van der Waals surface area contributed by atoms with Crippen LogP contribution in [0.1, 0.15) is 79.1 Å². The molecular weight excluding hydrogens is 396 g/mol. The first-order valence-corrected chi connectivity index (χ1v) is 11.8. The fourth-order valence-electron chi connectivity index (χ4n) is 7.72. The molecule has 3 saturated carbocycles. The minimum Gasteiger partial charge on any atom is -0.462 e. The zero-order chi connectivity index (χ0) is 22.6. The Labute approximate surface area is 184 Å². The number of hydrogen-bond acceptors (Lipinski definition) is 6. The van der Waals surface area contributed by atoms with Gasteiger partial charge in [-0.25, -0.2) is 0 Å². The summed E-state index contributed by atoms with van der Waals surface area (Å²) < 4.78 is 10.5. The third-order valence-electron chi connectivity index (χ3n) is 9.41. The number of rotatable bonds is 4. The predicted octanol–water partition coefficient (Wildman–Crippen LogP) is 3.74. The van der Waals surface area contributed by atoms with E-state index >= 15 is 0 Å². The number of allylic oxidation sites excluding steroid dienone is 1. The van der Waals surface area contributed by atoms with Crippen molar-refractivity contribution in [2.24, 2.45) is 28.6 Å². The summed E-state index contributed by atoms with van der Waals surface area (Å²) in [6, 6.07) is 0. The average molecular weight is 433 g/mol. The van der Waals surface area contributed by atoms with E-state index in [-0.39, 0.29) is 35.8 Å². The van der Waals surface area contributed by atoms with E-state index in [1.54, 1.807) is 0 Å². The summed E-state index contributed by atoms with van der Waals surface area (Å²) in [7, 11) is 0. The number of Topliss-reactive ketones (excluding diaryl/α,β-unsaturated/α-hetero) is 1. The number of ketones is 1. The molecule has 0 aliphatic heterocycles. The van der Waals surface area contributed by atoms with Gasteiger partial charge in [-0.15, -0.1) is 0 Å². The molecule has 0 radical (unpaired) electrons. The first-order valence-electron chi connectivity index (χ1n) is 11.8. The van der Waals surface area contributed by atoms with Crippen LogP contribution in [0.2, 0.25) is 0 Å². The van der Waals surface area contributed by atoms with Crippen LogP contribution in [0.4, 0.5) is 0 Å². The molecule has 4 aliphatic carbocycles. The molecule has 4 aliphatic rings. The molecule has 0 amide bonds. The topological polar surface area (TPSA) is 89.9 Å². The maximum atomic E-state index is 12.9. The molecule has 31 heavy (non-hydrogen) atoms. The van der Waals surface area contributed by atoms with Gasteiger partial charge in [-0.2, -0.15) is 0 Å². The number of ether oxygens (including phenoxy) is 2. The minimum atomic E-state index is -1.42. The highest BCUT2D eigenvalue weighted by atomic mass is 16.5. The second-order valence-electron chi connectivity index (χ2n) is 10.8. The molecule has 0 unspecified atom stereocenters. The molecule has 3 fully saturated rings. The van der Waals surface area contributed by atoms with Crippen LogP contribution in [0.3, 0.4) is 0 Å². The van der Waals surface area contributed by atoms with Crippen molar-refractivity contribution in [1.29, 1.82) is 0 Å². The van der Waals surface area contributed by atoms with E-state index in [0.29, 0.717) is 18.3 Å². The number of hydrogen-bond donors (Lipinski definition) is 1. The van der Waals surface area contributed by atoms with Crippen molar-refractivity contribution in [1.82, 2.24) is 0 Å². The van der Waals surface area contributed by atoms with Gasteiger partial charge in [-0.1, -0.05) is 25.5 Å². The summed E-state index contributed by atoms with van der Waals surface area (Å²) in [6.45, 7) is 6.86. The van der Waals surface area contributed by atoms with Crippen LogP contribution < -0.4 is 0 Å². The Kier molecular flexibility index (Phi) is 5.60. The quantitative estimate of drug-likeness (QED) is 0.538. The average Bonchev–Trinajstić information content (AvgIpc) is 2.98. The van der Waals surface area contributed by atoms with Crippen molar-refractivity contribution in [3.05, 3.63) is 11.6 Å². The summed E-state index contributed by atoms with van der Waals surface area (Å²) in [5.74, 6) is 0.176. The third kappa shape index (κ3) is 3.46. The lowest BCUT2D eigenvalue weighted by molar-refractivity contribution is -0.169. The van der Waals surface area contributed by atoms with Gasteiger partial charge in [0, 0.05) is 25.7 Å². The minimum absolute atomic E-state index is 0.0160. The van der Waals surface area contributed by atoms with Gasteiger partial charge >= 0.3 is 11.9 Å². The van der Waals surface area contributed by atoms with Crippen LogP contribution in [0, 0.1) is 28.6 Å². The van der Waals surface area contributed by atoms with Crippen LogP contribution in [0.15, 0.2) is 11.6 Å². The second kappa shape index (κ2) is 7.72. The van der Waals surface area contributed by atoms with Gasteiger partial charge in [-0.3, -0.25) is 14.4 Å². The van der Waals surface area contributed by atoms with Gasteiger partial charge in [-0.05, 0) is 68.1 Å². The van der Waals surface area contributed by atoms with E-state index < -0.39 is 17.0 Å². The van der Waals surface area contributed by atoms with Crippen LogP contribution in [-0.2, 0) is 23.9 Å². The van der Waals surface area contributed by atoms with Crippen molar-refractivity contribution in [2.75, 3.05) is 6.61 Å². The highest BCUT2D eigenvalue weighted by Crippen LogP contribution is 2.67. The number of aliphatic hydroxyl groups is 1. The fraction of sp³-hybridized carbons (Fsp3) is 0.800. The molecule has 0 heterocycles. The van der Waals surface area contributed by atoms with E-state index in [2.05, 4.69) is 19.9 Å². The molecule has 0 aromatic heterocycles. The van der Waals surface area contributed by atoms with E-state index in [1.165, 1.54) is 19.4 Å². The van der Waals surface area contributed by atoms with Gasteiger partial charge in [0.05, 0.1) is 0 Å². The summed E-state index contributed by atoms with van der Waals surface area (Å²) >= 11 is 0. The van der Waals surface area contributed by atoms with Gasteiger partial charge in [0.25, 0.3) is 0 Å². The van der Waals surface area contributed by atoms with Crippen molar-refractivity contribution in [2.45, 2.75) is 90.8 Å². The van der Waals surface area contributed by atoms with Crippen LogP contribution in [0.25, 0.3) is 0 Å². The van der Waals surface area contributed by atoms with Crippen LogP contribution >= 0.6 is 0 Å². The monoisotopic (exact) mass is 432 g/mol. The Morgan fingerprint density at radius 1 is 1.03 bits per heavy atom. The maximum Gasteiger partial charge on any atom is 0.303 e. The molecule has 0 aromatic rings. The molecular formula is C25H36O6. The lowest BCUT2D eigenvalue weighted by Crippen LogP contribution is -2.58. The van der Waals surface area contributed by atoms with Crippen molar-refractivity contribution in [3.63, 3.8) is 0 Å². The Hall–Kier alpha value is -1.69. The molecule has 0 aromatic carbocycles. The summed E-state index contributed by atoms with van der Waals surface area (Å²) in [6.07, 6.45) is 9.08. The second-order valence-corrected chi connectivity index (χ2v) is 10.8. The first kappa shape index (κ1) is 22.5. The highest BCUT2D eigenvalue weighted by Gasteiger charge is 2.66. The van der Waals surface area contributed by atoms with Crippen LogP contribution in [-0.4, -0.2) is 41.1 Å². The summed E-state index contributed by atoms with van der Waals surface area (Å²) in [5, 5.41) is 11.5. The zero-order valence-electron chi connectivity index (χ0n) is 19.2. The Morgan fingerprint density at radius 2 is 1.74 bits per heavy atom. The zero-order valence-corrected chi connectivity index (χ0v) is 19.2. The Balaban J connectivity index is 1.56. The van der Waals surface area contributed by atoms with Crippen molar-refractivity contribution in [3.8, 4) is 0 Å². The van der Waals surface area contributed by atoms with E-state index in [0.717, 1.165) is 44.9 Å². The molecule has 1 N–H and O–H groups in total. The Bertz CT molecular complexity index is 817. The van der Waals surface area contributed by atoms with E-state index in [9.17, 15) is 19.5 Å². The molecule has 0 bridgehead atoms. The number of carbonyl (C=O) groups excluding carboxylic acids is 3. The number of carbonyl (C=O) groups is 3. The number of esters is 2. The third-order valence-corrected chi connectivity index (χ3v) is 9.41. The smallest absolute Gasteiger partial charge is 0.303 e. The van der Waals surface area contributed by atoms with Gasteiger partial charge < -0.3 is 14.6 Å². The normalized spacial score (nSPS) is 43.7. The Morgan fingerprint density at radius 3 is 2.42 bits per heavy atom. The molecule has 6 heteroatoms. The lowest BCUT2D eigenvalue weighted by Gasteiger charge is -2.58. The standard InChI is InChI=1S/C25H36O6/c1-15(26)30-14-22(28)25(29)12-9-21-19-6-5-17-13-18(31-16(2)27)7-10-23(17,3)20(19)8-11-24(21,25)4/h5,18-21,29H,6-14H2,1-4H3/t18-,19+,20-,21-,23+,24-,25-/m1/s1. The van der Waals surface area contributed by atoms with Gasteiger partial charge in [0.1, 0.15) is 11.7 Å². The maximum absolute atomic E-state index is 12.9. The SMILES string of the molecule is CC(=O)OCC(=O)[C@]1(O)CC[C@@H]2[C@H]3CC=C4C[C@H](OC(C)=O)CC[C@]4(C)[C@@H]3CC[C@]21C. The molecule has 172 valence electrons. The van der Waals surface area contributed by atoms with E-state index in [1.807, 2.05) is 0 Å². The van der Waals surface area contributed by atoms with Crippen molar-refractivity contribution < 1.29 is 29.0 Å². The molecule has 7 atom stereocenters. The van der Waals surface area contributed by atoms with Crippen molar-refractivity contribution >= 4 is 17.7 Å². The predicted molar refractivity (Wildman–Crippen MR) is 114 cm³/mol. The van der Waals surface area contributed by atoms with Crippen LogP contribution in [0.5, 0.6) is 0 Å². The summed E-state index contributed by atoms with van der Waals surface area (Å²) in [5.41, 5.74) is -0.379. The molecule has 4 rings (SSSR count). The molecule has 0 spiro atoms. The lowest BCUT2D eigenvalue weighted by atomic mass is 9.46. The largest absolute Gasteiger partial charge is 0.462 e. The van der Waals surface area contributed by atoms with Gasteiger partial charge in [0.15, 0.2) is 6.61 Å². The highest BCUT2D eigenvalue weighted by molar-refractivity contribution is 5.90. The van der Waals surface area contributed by atoms with E-state index in [4.69, 9.17) is 9.47 Å².